The summed E-state index contributed by atoms with van der Waals surface area (Å²) in [7, 11) is 0. The van der Waals surface area contributed by atoms with Gasteiger partial charge in [-0.15, -0.1) is 0 Å². The van der Waals surface area contributed by atoms with Gasteiger partial charge in [0, 0.05) is 10.0 Å². The Morgan fingerprint density at radius 2 is 1.51 bits per heavy atom. The number of aryl methyl sites for hydroxylation is 1. The van der Waals surface area contributed by atoms with E-state index < -0.39 is 48.5 Å². The summed E-state index contributed by atoms with van der Waals surface area (Å²) in [5.74, 6) is -2.93. The van der Waals surface area contributed by atoms with Gasteiger partial charge in [0.2, 0.25) is 12.3 Å². The van der Waals surface area contributed by atoms with E-state index in [-0.39, 0.29) is 33.1 Å². The third-order valence-corrected chi connectivity index (χ3v) is 5.26. The molecule has 0 spiro atoms. The van der Waals surface area contributed by atoms with Crippen LogP contribution < -0.4 is 10.6 Å². The Bertz CT molecular complexity index is 1140. The van der Waals surface area contributed by atoms with Gasteiger partial charge < -0.3 is 10.6 Å². The van der Waals surface area contributed by atoms with Crippen LogP contribution in [-0.2, 0) is 15.8 Å². The molecule has 0 radical (unpaired) electrons. The Morgan fingerprint density at radius 3 is 1.97 bits per heavy atom. The maximum absolute atomic E-state index is 13.4. The summed E-state index contributed by atoms with van der Waals surface area (Å²) < 4.78 is 114. The van der Waals surface area contributed by atoms with Crippen molar-refractivity contribution in [2.45, 2.75) is 44.3 Å². The van der Waals surface area contributed by atoms with Crippen molar-refractivity contribution in [3.05, 3.63) is 74.8 Å². The van der Waals surface area contributed by atoms with E-state index in [2.05, 4.69) is 0 Å². The van der Waals surface area contributed by atoms with Crippen molar-refractivity contribution in [3.8, 4) is 0 Å². The molecule has 2 unspecified atom stereocenters. The second-order valence-electron chi connectivity index (χ2n) is 7.99. The Balaban J connectivity index is 0.000000495. The van der Waals surface area contributed by atoms with Crippen molar-refractivity contribution >= 4 is 41.6 Å². The molecule has 0 saturated carbocycles. The number of allylic oxidation sites excluding steroid dienone is 1. The second kappa shape index (κ2) is 13.9. The van der Waals surface area contributed by atoms with E-state index in [1.54, 1.807) is 5.32 Å². The van der Waals surface area contributed by atoms with Gasteiger partial charge in [-0.3, -0.25) is 9.59 Å². The van der Waals surface area contributed by atoms with Crippen molar-refractivity contribution in [1.82, 2.24) is 10.6 Å². The predicted molar refractivity (Wildman–Crippen MR) is 128 cm³/mol. The van der Waals surface area contributed by atoms with Gasteiger partial charge in [-0.2, -0.15) is 39.5 Å². The molecule has 15 heteroatoms. The maximum Gasteiger partial charge on any atom is 0.416 e. The average molecular weight is 611 g/mol. The van der Waals surface area contributed by atoms with Crippen molar-refractivity contribution in [2.24, 2.45) is 0 Å². The Morgan fingerprint density at radius 1 is 0.949 bits per heavy atom. The lowest BCUT2D eigenvalue weighted by molar-refractivity contribution is -0.139. The first-order chi connectivity index (χ1) is 17.7. The van der Waals surface area contributed by atoms with E-state index in [1.807, 2.05) is 5.32 Å². The first-order valence-corrected chi connectivity index (χ1v) is 11.4. The van der Waals surface area contributed by atoms with Gasteiger partial charge in [-0.25, -0.2) is 0 Å². The van der Waals surface area contributed by atoms with E-state index in [0.29, 0.717) is 0 Å². The molecule has 0 aromatic heterocycles. The molecule has 39 heavy (non-hydrogen) atoms. The molecule has 0 bridgehead atoms. The van der Waals surface area contributed by atoms with Gasteiger partial charge >= 0.3 is 18.5 Å². The monoisotopic (exact) mass is 610 g/mol. The molecule has 2 amide bonds. The summed E-state index contributed by atoms with van der Waals surface area (Å²) in [6.45, 7) is 1.17. The Labute approximate surface area is 227 Å². The highest BCUT2D eigenvalue weighted by Crippen LogP contribution is 2.39. The molecule has 2 aromatic carbocycles. The van der Waals surface area contributed by atoms with Gasteiger partial charge in [-0.1, -0.05) is 47.5 Å². The molecule has 0 aliphatic carbocycles. The molecule has 0 fully saturated rings. The summed E-state index contributed by atoms with van der Waals surface area (Å²) in [4.78, 5) is 20.6. The summed E-state index contributed by atoms with van der Waals surface area (Å²) in [6.07, 6.45) is -11.7. The topological polar surface area (TPSA) is 58.2 Å². The number of benzene rings is 2. The Kier molecular flexibility index (Phi) is 12.2. The summed E-state index contributed by atoms with van der Waals surface area (Å²) in [6, 6.07) is 5.91. The first kappa shape index (κ1) is 34.1. The number of rotatable bonds is 7. The average Bonchev–Trinajstić information content (AvgIpc) is 2.76. The quantitative estimate of drug-likeness (QED) is 0.252. The zero-order valence-electron chi connectivity index (χ0n) is 20.0. The van der Waals surface area contributed by atoms with E-state index in [1.165, 1.54) is 32.0 Å². The van der Waals surface area contributed by atoms with Crippen LogP contribution >= 0.6 is 23.2 Å². The smallest absolute Gasteiger partial charge is 0.347 e. The van der Waals surface area contributed by atoms with Gasteiger partial charge in [0.25, 0.3) is 0 Å². The van der Waals surface area contributed by atoms with E-state index >= 15 is 0 Å². The molecule has 0 saturated heterocycles. The van der Waals surface area contributed by atoms with Crippen molar-refractivity contribution in [3.63, 3.8) is 0 Å². The van der Waals surface area contributed by atoms with Crippen LogP contribution in [0.1, 0.15) is 35.1 Å². The van der Waals surface area contributed by atoms with Gasteiger partial charge in [0.05, 0.1) is 11.5 Å². The number of hydrogen-bond donors (Lipinski definition) is 2. The van der Waals surface area contributed by atoms with Crippen molar-refractivity contribution in [2.75, 3.05) is 6.54 Å². The fourth-order valence-corrected chi connectivity index (χ4v) is 3.48. The minimum atomic E-state index is -4.66. The predicted octanol–water partition coefficient (Wildman–Crippen LogP) is 7.48. The van der Waals surface area contributed by atoms with Crippen LogP contribution in [0.25, 0.3) is 6.08 Å². The molecule has 2 N–H and O–H groups in total. The summed E-state index contributed by atoms with van der Waals surface area (Å²) >= 11 is 11.5. The minimum Gasteiger partial charge on any atom is -0.347 e. The number of alkyl halides is 9. The second-order valence-corrected chi connectivity index (χ2v) is 8.87. The highest BCUT2D eigenvalue weighted by atomic mass is 35.5. The Hall–Kier alpha value is -2.93. The molecule has 2 atom stereocenters. The third-order valence-electron chi connectivity index (χ3n) is 4.82. The highest BCUT2D eigenvalue weighted by Gasteiger charge is 2.39. The molecule has 4 nitrogen and oxygen atoms in total. The zero-order chi connectivity index (χ0) is 30.2. The normalized spacial score (nSPS) is 13.8. The largest absolute Gasteiger partial charge is 0.416 e. The summed E-state index contributed by atoms with van der Waals surface area (Å²) in [5, 5.41) is 3.71. The van der Waals surface area contributed by atoms with Crippen LogP contribution in [0, 0.1) is 6.92 Å². The lowest BCUT2D eigenvalue weighted by atomic mass is 9.96. The number of nitrogens with one attached hydrogen (secondary N) is 2. The molecule has 2 rings (SSSR count). The van der Waals surface area contributed by atoms with E-state index in [4.69, 9.17) is 23.2 Å². The maximum atomic E-state index is 13.4. The molecule has 0 aliphatic rings. The van der Waals surface area contributed by atoms with Crippen LogP contribution in [0.4, 0.5) is 39.5 Å². The molecular formula is C24H21Cl2F9N2O2. The van der Waals surface area contributed by atoms with Crippen LogP contribution in [0.2, 0.25) is 10.0 Å². The standard InChI is InChI=1S/C18H12Cl2F6.C6H9F3N2O2/c1-10-2-3-11(6-16(10)18(24,25)26)4-5-15(17(21,22)23)12-7-13(19)9-14(20)8-12;1-4(11-3-12)5(13)10-2-6(7,8)9/h2-9,15H,1H3;3-4H,2H2,1H3,(H,10,13)(H,11,12)/b5-4+;. The zero-order valence-corrected chi connectivity index (χ0v) is 21.5. The van der Waals surface area contributed by atoms with Crippen LogP contribution in [0.15, 0.2) is 42.5 Å². The van der Waals surface area contributed by atoms with Gasteiger partial charge in [-0.05, 0) is 54.8 Å². The summed E-state index contributed by atoms with van der Waals surface area (Å²) in [5.41, 5.74) is -1.10. The highest BCUT2D eigenvalue weighted by molar-refractivity contribution is 6.34. The molecular weight excluding hydrogens is 590 g/mol. The number of halogens is 11. The van der Waals surface area contributed by atoms with Crippen LogP contribution in [-0.4, -0.2) is 37.3 Å². The lowest BCUT2D eigenvalue weighted by Gasteiger charge is -2.18. The number of hydrogen-bond acceptors (Lipinski definition) is 2. The van der Waals surface area contributed by atoms with Gasteiger partial charge in [0.1, 0.15) is 12.6 Å². The lowest BCUT2D eigenvalue weighted by Crippen LogP contribution is -2.44. The van der Waals surface area contributed by atoms with Crippen LogP contribution in [0.5, 0.6) is 0 Å². The number of amides is 2. The molecule has 2 aromatic rings. The fraction of sp³-hybridized carbons (Fsp3) is 0.333. The number of carbonyl (C=O) groups is 2. The fourth-order valence-electron chi connectivity index (χ4n) is 2.94. The SMILES string of the molecule is CC(NC=O)C(=O)NCC(F)(F)F.Cc1ccc(/C=C/C(c2cc(Cl)cc(Cl)c2)C(F)(F)F)cc1C(F)(F)F. The van der Waals surface area contributed by atoms with Gasteiger partial charge in [0.15, 0.2) is 0 Å². The van der Waals surface area contributed by atoms with Crippen molar-refractivity contribution < 1.29 is 49.1 Å². The minimum absolute atomic E-state index is 0.00491. The molecule has 0 heterocycles. The molecule has 0 aliphatic heterocycles. The first-order valence-electron chi connectivity index (χ1n) is 10.7. The molecule has 216 valence electrons. The van der Waals surface area contributed by atoms with E-state index in [9.17, 15) is 49.1 Å². The van der Waals surface area contributed by atoms with Crippen molar-refractivity contribution in [1.29, 1.82) is 0 Å². The van der Waals surface area contributed by atoms with Crippen LogP contribution in [0.3, 0.4) is 0 Å². The number of carbonyl (C=O) groups excluding carboxylic acids is 2. The van der Waals surface area contributed by atoms with E-state index in [0.717, 1.165) is 30.4 Å². The third kappa shape index (κ3) is 12.2.